The van der Waals surface area contributed by atoms with Crippen LogP contribution in [0.15, 0.2) is 24.5 Å². The predicted molar refractivity (Wildman–Crippen MR) is 80.0 cm³/mol. The Balaban J connectivity index is 1.78. The summed E-state index contributed by atoms with van der Waals surface area (Å²) in [5.74, 6) is 0.572. The maximum Gasteiger partial charge on any atom is 0.140 e. The van der Waals surface area contributed by atoms with E-state index in [2.05, 4.69) is 19.8 Å². The summed E-state index contributed by atoms with van der Waals surface area (Å²) in [6, 6.07) is 4.65. The molecule has 0 amide bonds. The number of piperazine rings is 1. The van der Waals surface area contributed by atoms with Crippen molar-refractivity contribution >= 4 is 16.7 Å². The summed E-state index contributed by atoms with van der Waals surface area (Å²) < 4.78 is 18.6. The molecule has 0 aliphatic carbocycles. The molecular formula is C15H19FN4O. The minimum atomic E-state index is -0.253. The summed E-state index contributed by atoms with van der Waals surface area (Å²) in [5, 5.41) is 0.780. The summed E-state index contributed by atoms with van der Waals surface area (Å²) >= 11 is 0. The standard InChI is InChI=1S/C15H19FN4O/c1-21-9-8-19-4-6-20(7-5-19)15-13-10-12(16)2-3-14(13)17-11-18-15/h2-3,10-11H,4-9H2,1H3. The van der Waals surface area contributed by atoms with Gasteiger partial charge in [-0.1, -0.05) is 0 Å². The second kappa shape index (κ2) is 6.32. The van der Waals surface area contributed by atoms with Crippen molar-refractivity contribution in [3.05, 3.63) is 30.3 Å². The van der Waals surface area contributed by atoms with E-state index in [1.165, 1.54) is 12.1 Å². The smallest absolute Gasteiger partial charge is 0.140 e. The summed E-state index contributed by atoms with van der Waals surface area (Å²) in [6.07, 6.45) is 1.55. The van der Waals surface area contributed by atoms with Gasteiger partial charge in [-0.3, -0.25) is 4.90 Å². The van der Waals surface area contributed by atoms with Gasteiger partial charge < -0.3 is 9.64 Å². The van der Waals surface area contributed by atoms with Crippen molar-refractivity contribution in [3.8, 4) is 0 Å². The van der Waals surface area contributed by atoms with Crippen molar-refractivity contribution < 1.29 is 9.13 Å². The first-order chi connectivity index (χ1) is 10.3. The van der Waals surface area contributed by atoms with E-state index in [4.69, 9.17) is 4.74 Å². The van der Waals surface area contributed by atoms with Gasteiger partial charge in [0.25, 0.3) is 0 Å². The molecule has 1 fully saturated rings. The number of methoxy groups -OCH3 is 1. The Morgan fingerprint density at radius 2 is 2.00 bits per heavy atom. The van der Waals surface area contributed by atoms with E-state index in [9.17, 15) is 4.39 Å². The molecule has 5 nitrogen and oxygen atoms in total. The van der Waals surface area contributed by atoms with Crippen LogP contribution >= 0.6 is 0 Å². The highest BCUT2D eigenvalue weighted by molar-refractivity contribution is 5.89. The zero-order chi connectivity index (χ0) is 14.7. The van der Waals surface area contributed by atoms with Gasteiger partial charge in [0, 0.05) is 45.2 Å². The zero-order valence-corrected chi connectivity index (χ0v) is 12.1. The Bertz CT molecular complexity index is 614. The van der Waals surface area contributed by atoms with Crippen LogP contribution < -0.4 is 4.90 Å². The molecule has 1 aromatic carbocycles. The number of rotatable bonds is 4. The third kappa shape index (κ3) is 3.11. The minimum absolute atomic E-state index is 0.253. The largest absolute Gasteiger partial charge is 0.383 e. The topological polar surface area (TPSA) is 41.5 Å². The first-order valence-corrected chi connectivity index (χ1v) is 7.14. The van der Waals surface area contributed by atoms with Crippen molar-refractivity contribution in [1.82, 2.24) is 14.9 Å². The Labute approximate surface area is 123 Å². The lowest BCUT2D eigenvalue weighted by Crippen LogP contribution is -2.47. The summed E-state index contributed by atoms with van der Waals surface area (Å²) in [4.78, 5) is 13.1. The number of ether oxygens (including phenoxy) is 1. The predicted octanol–water partition coefficient (Wildman–Crippen LogP) is 1.54. The van der Waals surface area contributed by atoms with Gasteiger partial charge in [-0.15, -0.1) is 0 Å². The van der Waals surface area contributed by atoms with Crippen LogP contribution in [0.3, 0.4) is 0 Å². The van der Waals surface area contributed by atoms with Crippen LogP contribution in [0.4, 0.5) is 10.2 Å². The van der Waals surface area contributed by atoms with E-state index in [0.717, 1.165) is 56.1 Å². The Hall–Kier alpha value is -1.79. The first-order valence-electron chi connectivity index (χ1n) is 7.14. The van der Waals surface area contributed by atoms with Crippen LogP contribution in [0.5, 0.6) is 0 Å². The highest BCUT2D eigenvalue weighted by Gasteiger charge is 2.19. The fourth-order valence-corrected chi connectivity index (χ4v) is 2.67. The van der Waals surface area contributed by atoms with Gasteiger partial charge in [0.05, 0.1) is 12.1 Å². The van der Waals surface area contributed by atoms with Crippen LogP contribution in [0.1, 0.15) is 0 Å². The van der Waals surface area contributed by atoms with Crippen LogP contribution in [0.25, 0.3) is 10.9 Å². The normalized spacial score (nSPS) is 16.6. The molecule has 0 bridgehead atoms. The number of halogens is 1. The summed E-state index contributed by atoms with van der Waals surface area (Å²) in [5.41, 5.74) is 0.781. The van der Waals surface area contributed by atoms with E-state index >= 15 is 0 Å². The second-order valence-corrected chi connectivity index (χ2v) is 5.18. The van der Waals surface area contributed by atoms with Gasteiger partial charge in [0.1, 0.15) is 18.0 Å². The van der Waals surface area contributed by atoms with Crippen molar-refractivity contribution in [2.75, 3.05) is 51.3 Å². The molecule has 112 valence electrons. The van der Waals surface area contributed by atoms with Gasteiger partial charge in [0.15, 0.2) is 0 Å². The Kier molecular flexibility index (Phi) is 4.26. The van der Waals surface area contributed by atoms with Crippen LogP contribution in [0, 0.1) is 5.82 Å². The molecule has 1 aromatic heterocycles. The summed E-state index contributed by atoms with van der Waals surface area (Å²) in [6.45, 7) is 5.39. The van der Waals surface area contributed by atoms with Crippen LogP contribution in [-0.2, 0) is 4.74 Å². The first kappa shape index (κ1) is 14.2. The number of hydrogen-bond donors (Lipinski definition) is 0. The van der Waals surface area contributed by atoms with Gasteiger partial charge in [-0.2, -0.15) is 0 Å². The van der Waals surface area contributed by atoms with Crippen molar-refractivity contribution in [2.45, 2.75) is 0 Å². The number of hydrogen-bond acceptors (Lipinski definition) is 5. The van der Waals surface area contributed by atoms with Crippen molar-refractivity contribution in [2.24, 2.45) is 0 Å². The minimum Gasteiger partial charge on any atom is -0.383 e. The molecule has 3 rings (SSSR count). The number of fused-ring (bicyclic) bond motifs is 1. The van der Waals surface area contributed by atoms with E-state index in [1.807, 2.05) is 0 Å². The molecule has 2 aromatic rings. The molecule has 0 N–H and O–H groups in total. The third-order valence-electron chi connectivity index (χ3n) is 3.86. The SMILES string of the molecule is COCCN1CCN(c2ncnc3ccc(F)cc23)CC1. The summed E-state index contributed by atoms with van der Waals surface area (Å²) in [7, 11) is 1.72. The van der Waals surface area contributed by atoms with E-state index in [-0.39, 0.29) is 5.82 Å². The maximum atomic E-state index is 13.5. The molecule has 0 spiro atoms. The molecule has 0 saturated carbocycles. The van der Waals surface area contributed by atoms with E-state index in [0.29, 0.717) is 0 Å². The Morgan fingerprint density at radius 1 is 1.19 bits per heavy atom. The van der Waals surface area contributed by atoms with Crippen LogP contribution in [-0.4, -0.2) is 61.3 Å². The molecule has 1 saturated heterocycles. The van der Waals surface area contributed by atoms with Crippen molar-refractivity contribution in [3.63, 3.8) is 0 Å². The molecule has 21 heavy (non-hydrogen) atoms. The van der Waals surface area contributed by atoms with Gasteiger partial charge in [-0.05, 0) is 18.2 Å². The van der Waals surface area contributed by atoms with Gasteiger partial charge in [-0.25, -0.2) is 14.4 Å². The fraction of sp³-hybridized carbons (Fsp3) is 0.467. The lowest BCUT2D eigenvalue weighted by atomic mass is 10.2. The fourth-order valence-electron chi connectivity index (χ4n) is 2.67. The quantitative estimate of drug-likeness (QED) is 0.854. The molecular weight excluding hydrogens is 271 g/mol. The van der Waals surface area contributed by atoms with Crippen LogP contribution in [0.2, 0.25) is 0 Å². The average Bonchev–Trinajstić information content (AvgIpc) is 2.53. The zero-order valence-electron chi connectivity index (χ0n) is 12.1. The molecule has 6 heteroatoms. The number of benzene rings is 1. The van der Waals surface area contributed by atoms with E-state index < -0.39 is 0 Å². The number of anilines is 1. The third-order valence-corrected chi connectivity index (χ3v) is 3.86. The molecule has 0 unspecified atom stereocenters. The second-order valence-electron chi connectivity index (χ2n) is 5.18. The maximum absolute atomic E-state index is 13.5. The highest BCUT2D eigenvalue weighted by atomic mass is 19.1. The lowest BCUT2D eigenvalue weighted by Gasteiger charge is -2.35. The van der Waals surface area contributed by atoms with E-state index in [1.54, 1.807) is 19.5 Å². The monoisotopic (exact) mass is 290 g/mol. The van der Waals surface area contributed by atoms with Gasteiger partial charge >= 0.3 is 0 Å². The molecule has 1 aliphatic rings. The number of nitrogens with zero attached hydrogens (tertiary/aromatic N) is 4. The molecule has 0 radical (unpaired) electrons. The van der Waals surface area contributed by atoms with Crippen molar-refractivity contribution in [1.29, 1.82) is 0 Å². The highest BCUT2D eigenvalue weighted by Crippen LogP contribution is 2.24. The molecule has 1 aliphatic heterocycles. The average molecular weight is 290 g/mol. The lowest BCUT2D eigenvalue weighted by molar-refractivity contribution is 0.144. The Morgan fingerprint density at radius 3 is 2.76 bits per heavy atom. The molecule has 2 heterocycles. The molecule has 0 atom stereocenters. The number of aromatic nitrogens is 2. The van der Waals surface area contributed by atoms with Gasteiger partial charge in [0.2, 0.25) is 0 Å².